The molecule has 0 spiro atoms. The van der Waals surface area contributed by atoms with Gasteiger partial charge in [0.25, 0.3) is 0 Å². The van der Waals surface area contributed by atoms with Crippen molar-refractivity contribution in [2.75, 3.05) is 17.2 Å². The van der Waals surface area contributed by atoms with Gasteiger partial charge in [0.1, 0.15) is 0 Å². The molecule has 0 radical (unpaired) electrons. The maximum atomic E-state index is 12.3. The molecule has 4 rings (SSSR count). The largest absolute Gasteiger partial charge is 0.335 e. The van der Waals surface area contributed by atoms with Crippen LogP contribution in [0.2, 0.25) is 0 Å². The molecule has 0 aliphatic carbocycles. The number of fused-ring (bicyclic) bond motifs is 3. The number of aromatic nitrogens is 2. The summed E-state index contributed by atoms with van der Waals surface area (Å²) in [6.07, 6.45) is 3.63. The second-order valence-electron chi connectivity index (χ2n) is 6.38. The molecule has 3 aromatic rings. The van der Waals surface area contributed by atoms with Crippen LogP contribution < -0.4 is 16.0 Å². The minimum atomic E-state index is -0.284. The van der Waals surface area contributed by atoms with Crippen molar-refractivity contribution < 1.29 is 9.59 Å². The molecule has 2 aromatic carbocycles. The lowest BCUT2D eigenvalue weighted by Gasteiger charge is -2.16. The number of carbonyl (C=O) groups is 2. The Kier molecular flexibility index (Phi) is 4.33. The molecule has 0 bridgehead atoms. The second kappa shape index (κ2) is 6.95. The number of imidazole rings is 1. The summed E-state index contributed by atoms with van der Waals surface area (Å²) in [5.41, 5.74) is 4.72. The summed E-state index contributed by atoms with van der Waals surface area (Å²) in [7, 11) is 0. The first-order chi connectivity index (χ1) is 13.1. The van der Waals surface area contributed by atoms with E-state index in [1.807, 2.05) is 18.3 Å². The Morgan fingerprint density at radius 2 is 1.74 bits per heavy atom. The average molecular weight is 361 g/mol. The first kappa shape index (κ1) is 16.8. The van der Waals surface area contributed by atoms with Crippen molar-refractivity contribution in [1.29, 1.82) is 0 Å². The van der Waals surface area contributed by atoms with Crippen molar-refractivity contribution in [3.05, 3.63) is 66.6 Å². The molecule has 1 unspecified atom stereocenters. The number of urea groups is 1. The van der Waals surface area contributed by atoms with E-state index in [2.05, 4.69) is 37.6 Å². The third kappa shape index (κ3) is 3.39. The summed E-state index contributed by atoms with van der Waals surface area (Å²) >= 11 is 0. The maximum absolute atomic E-state index is 12.3. The number of hydrogen-bond donors (Lipinski definition) is 3. The van der Waals surface area contributed by atoms with Crippen LogP contribution in [0.3, 0.4) is 0 Å². The van der Waals surface area contributed by atoms with E-state index < -0.39 is 0 Å². The molecule has 3 N–H and O–H groups in total. The molecule has 1 aliphatic rings. The van der Waals surface area contributed by atoms with Crippen LogP contribution in [-0.2, 0) is 4.79 Å². The standard InChI is InChI=1S/C20H19N5O2/c1-13(26)23-14-6-8-15(9-7-14)24-20(27)22-11-19-17-5-3-2-4-16(17)18-10-21-12-25(18)19/h2-10,12,19H,11H2,1H3,(H,23,26)(H2,22,24,27). The van der Waals surface area contributed by atoms with E-state index in [0.29, 0.717) is 17.9 Å². The zero-order valence-electron chi connectivity index (χ0n) is 14.8. The highest BCUT2D eigenvalue weighted by Crippen LogP contribution is 2.38. The third-order valence-corrected chi connectivity index (χ3v) is 4.52. The van der Waals surface area contributed by atoms with Crippen molar-refractivity contribution in [2.45, 2.75) is 13.0 Å². The predicted molar refractivity (Wildman–Crippen MR) is 104 cm³/mol. The number of rotatable bonds is 4. The summed E-state index contributed by atoms with van der Waals surface area (Å²) in [4.78, 5) is 27.5. The molecule has 0 saturated heterocycles. The molecule has 3 amide bonds. The predicted octanol–water partition coefficient (Wildman–Crippen LogP) is 3.23. The van der Waals surface area contributed by atoms with Gasteiger partial charge in [-0.2, -0.15) is 0 Å². The molecule has 0 fully saturated rings. The van der Waals surface area contributed by atoms with Crippen molar-refractivity contribution in [3.8, 4) is 11.3 Å². The molecule has 7 heteroatoms. The molecule has 0 saturated carbocycles. The Bertz CT molecular complexity index is 994. The highest BCUT2D eigenvalue weighted by Gasteiger charge is 2.28. The zero-order valence-corrected chi connectivity index (χ0v) is 14.8. The number of benzene rings is 2. The summed E-state index contributed by atoms with van der Waals surface area (Å²) in [6, 6.07) is 14.8. The molecule has 7 nitrogen and oxygen atoms in total. The number of carbonyl (C=O) groups excluding carboxylic acids is 2. The normalized spacial score (nSPS) is 14.2. The smallest absolute Gasteiger partial charge is 0.319 e. The molecule has 27 heavy (non-hydrogen) atoms. The minimum Gasteiger partial charge on any atom is -0.335 e. The minimum absolute atomic E-state index is 0.0200. The van der Waals surface area contributed by atoms with Crippen LogP contribution in [0.4, 0.5) is 16.2 Å². The van der Waals surface area contributed by atoms with E-state index in [-0.39, 0.29) is 18.0 Å². The Labute approximate surface area is 156 Å². The lowest BCUT2D eigenvalue weighted by molar-refractivity contribution is -0.114. The maximum Gasteiger partial charge on any atom is 0.319 e. The molecule has 1 aromatic heterocycles. The first-order valence-electron chi connectivity index (χ1n) is 8.65. The van der Waals surface area contributed by atoms with E-state index in [4.69, 9.17) is 0 Å². The Hall–Kier alpha value is -3.61. The van der Waals surface area contributed by atoms with Crippen LogP contribution in [0.25, 0.3) is 11.3 Å². The van der Waals surface area contributed by atoms with E-state index in [9.17, 15) is 9.59 Å². The van der Waals surface area contributed by atoms with Crippen LogP contribution in [0, 0.1) is 0 Å². The van der Waals surface area contributed by atoms with E-state index in [1.165, 1.54) is 12.5 Å². The summed E-state index contributed by atoms with van der Waals surface area (Å²) in [6.45, 7) is 1.91. The fourth-order valence-electron chi connectivity index (χ4n) is 3.35. The van der Waals surface area contributed by atoms with Crippen LogP contribution in [0.15, 0.2) is 61.1 Å². The highest BCUT2D eigenvalue weighted by atomic mass is 16.2. The van der Waals surface area contributed by atoms with Gasteiger partial charge in [0.15, 0.2) is 0 Å². The van der Waals surface area contributed by atoms with Gasteiger partial charge in [-0.15, -0.1) is 0 Å². The van der Waals surface area contributed by atoms with Gasteiger partial charge in [-0.05, 0) is 29.8 Å². The fraction of sp³-hybridized carbons (Fsp3) is 0.150. The van der Waals surface area contributed by atoms with E-state index in [1.54, 1.807) is 30.6 Å². The van der Waals surface area contributed by atoms with Gasteiger partial charge in [0.05, 0.1) is 24.3 Å². The lowest BCUT2D eigenvalue weighted by atomic mass is 10.0. The van der Waals surface area contributed by atoms with Crippen LogP contribution in [0.5, 0.6) is 0 Å². The van der Waals surface area contributed by atoms with Gasteiger partial charge in [-0.3, -0.25) is 4.79 Å². The van der Waals surface area contributed by atoms with Gasteiger partial charge in [-0.25, -0.2) is 9.78 Å². The van der Waals surface area contributed by atoms with Crippen molar-refractivity contribution in [2.24, 2.45) is 0 Å². The molecule has 1 atom stereocenters. The number of hydrogen-bond acceptors (Lipinski definition) is 3. The fourth-order valence-corrected chi connectivity index (χ4v) is 3.35. The first-order valence-corrected chi connectivity index (χ1v) is 8.65. The average Bonchev–Trinajstić information content (AvgIpc) is 3.23. The second-order valence-corrected chi connectivity index (χ2v) is 6.38. The Morgan fingerprint density at radius 1 is 1.04 bits per heavy atom. The summed E-state index contributed by atoms with van der Waals surface area (Å²) in [5.74, 6) is -0.135. The monoisotopic (exact) mass is 361 g/mol. The third-order valence-electron chi connectivity index (χ3n) is 4.52. The van der Waals surface area contributed by atoms with Crippen molar-refractivity contribution in [3.63, 3.8) is 0 Å². The van der Waals surface area contributed by atoms with Crippen LogP contribution in [-0.4, -0.2) is 28.0 Å². The SMILES string of the molecule is CC(=O)Nc1ccc(NC(=O)NCC2c3ccccc3-c3cncn32)cc1. The molecule has 1 aliphatic heterocycles. The van der Waals surface area contributed by atoms with Gasteiger partial charge in [0, 0.05) is 30.4 Å². The van der Waals surface area contributed by atoms with Crippen LogP contribution in [0.1, 0.15) is 18.5 Å². The number of nitrogens with one attached hydrogen (secondary N) is 3. The molecular formula is C20H19N5O2. The van der Waals surface area contributed by atoms with Gasteiger partial charge >= 0.3 is 6.03 Å². The molecule has 136 valence electrons. The van der Waals surface area contributed by atoms with Crippen molar-refractivity contribution >= 4 is 23.3 Å². The van der Waals surface area contributed by atoms with E-state index in [0.717, 1.165) is 11.3 Å². The Balaban J connectivity index is 1.39. The van der Waals surface area contributed by atoms with Gasteiger partial charge in [-0.1, -0.05) is 24.3 Å². The molecular weight excluding hydrogens is 342 g/mol. The quantitative estimate of drug-likeness (QED) is 0.667. The number of amides is 3. The topological polar surface area (TPSA) is 88.1 Å². The van der Waals surface area contributed by atoms with Gasteiger partial charge < -0.3 is 20.5 Å². The van der Waals surface area contributed by atoms with Crippen molar-refractivity contribution in [1.82, 2.24) is 14.9 Å². The molecule has 2 heterocycles. The van der Waals surface area contributed by atoms with Crippen LogP contribution >= 0.6 is 0 Å². The van der Waals surface area contributed by atoms with Gasteiger partial charge in [0.2, 0.25) is 5.91 Å². The number of anilines is 2. The van der Waals surface area contributed by atoms with E-state index >= 15 is 0 Å². The summed E-state index contributed by atoms with van der Waals surface area (Å²) < 4.78 is 2.08. The lowest BCUT2D eigenvalue weighted by Crippen LogP contribution is -2.33. The zero-order chi connectivity index (χ0) is 18.8. The Morgan fingerprint density at radius 3 is 2.48 bits per heavy atom. The highest BCUT2D eigenvalue weighted by molar-refractivity contribution is 5.91. The summed E-state index contributed by atoms with van der Waals surface area (Å²) in [5, 5.41) is 8.41. The number of nitrogens with zero attached hydrogens (tertiary/aromatic N) is 2.